The van der Waals surface area contributed by atoms with Crippen LogP contribution >= 0.6 is 0 Å². The highest BCUT2D eigenvalue weighted by atomic mass is 28.3. The standard InChI is InChI=1S/C36H44N2O7Si/c1-23-34(43-3)30-19-26(37-16-17-44-36(37)41)10-15-31(30)45-35(23)32(46(4,5)29-13-11-28(42-2)12-14-29)20-33(40)38-21-25-9-7-6-8-24(25)18-27(38)22-39/h6-15,19,23,27,32,34-35,39H,16-18,20-22H2,1-5H3/t23-,27+,32?,34-,35-/m1/s1. The van der Waals surface area contributed by atoms with E-state index in [1.54, 1.807) is 19.1 Å². The zero-order chi connectivity index (χ0) is 32.6. The maximum atomic E-state index is 14.4. The van der Waals surface area contributed by atoms with E-state index in [9.17, 15) is 14.7 Å². The molecule has 3 heterocycles. The molecule has 1 fully saturated rings. The summed E-state index contributed by atoms with van der Waals surface area (Å²) in [6, 6.07) is 21.8. The predicted molar refractivity (Wildman–Crippen MR) is 179 cm³/mol. The summed E-state index contributed by atoms with van der Waals surface area (Å²) in [4.78, 5) is 30.2. The van der Waals surface area contributed by atoms with E-state index < -0.39 is 8.07 Å². The third-order valence-electron chi connectivity index (χ3n) is 10.3. The van der Waals surface area contributed by atoms with E-state index in [1.165, 1.54) is 10.8 Å². The number of ether oxygens (including phenoxy) is 4. The number of carbonyl (C=O) groups excluding carboxylic acids is 2. The summed E-state index contributed by atoms with van der Waals surface area (Å²) in [5, 5.41) is 11.6. The summed E-state index contributed by atoms with van der Waals surface area (Å²) in [5.74, 6) is 1.40. The van der Waals surface area contributed by atoms with Gasteiger partial charge in [0.2, 0.25) is 5.91 Å². The summed E-state index contributed by atoms with van der Waals surface area (Å²) >= 11 is 0. The molecule has 1 unspecified atom stereocenters. The third-order valence-corrected chi connectivity index (χ3v) is 14.5. The number of amides is 2. The van der Waals surface area contributed by atoms with Gasteiger partial charge in [0.05, 0.1) is 40.5 Å². The molecule has 0 spiro atoms. The number of aliphatic hydroxyl groups is 1. The molecule has 0 aromatic heterocycles. The Bertz CT molecular complexity index is 1580. The number of methoxy groups -OCH3 is 2. The Morgan fingerprint density at radius 2 is 1.80 bits per heavy atom. The minimum atomic E-state index is -2.42. The van der Waals surface area contributed by atoms with Crippen LogP contribution in [0.2, 0.25) is 18.6 Å². The lowest BCUT2D eigenvalue weighted by Gasteiger charge is -2.46. The molecule has 3 aliphatic heterocycles. The van der Waals surface area contributed by atoms with Crippen LogP contribution < -0.4 is 19.6 Å². The number of carbonyl (C=O) groups is 2. The van der Waals surface area contributed by atoms with Crippen molar-refractivity contribution in [1.82, 2.24) is 4.90 Å². The number of hydrogen-bond acceptors (Lipinski definition) is 7. The van der Waals surface area contributed by atoms with Crippen LogP contribution in [0, 0.1) is 5.92 Å². The lowest BCUT2D eigenvalue weighted by atomic mass is 9.86. The van der Waals surface area contributed by atoms with Crippen molar-refractivity contribution in [3.63, 3.8) is 0 Å². The Morgan fingerprint density at radius 3 is 2.46 bits per heavy atom. The van der Waals surface area contributed by atoms with Crippen molar-refractivity contribution in [2.75, 3.05) is 38.9 Å². The van der Waals surface area contributed by atoms with Gasteiger partial charge < -0.3 is 29.0 Å². The van der Waals surface area contributed by atoms with Gasteiger partial charge in [-0.25, -0.2) is 4.79 Å². The number of rotatable bonds is 9. The molecule has 3 aromatic rings. The van der Waals surface area contributed by atoms with Gasteiger partial charge in [-0.15, -0.1) is 0 Å². The fourth-order valence-electron chi connectivity index (χ4n) is 7.53. The molecule has 1 N–H and O–H groups in total. The van der Waals surface area contributed by atoms with Crippen molar-refractivity contribution >= 4 is 30.9 Å². The van der Waals surface area contributed by atoms with Crippen molar-refractivity contribution in [3.8, 4) is 11.5 Å². The lowest BCUT2D eigenvalue weighted by molar-refractivity contribution is -0.136. The minimum absolute atomic E-state index is 0.0195. The van der Waals surface area contributed by atoms with Gasteiger partial charge in [-0.2, -0.15) is 0 Å². The maximum Gasteiger partial charge on any atom is 0.414 e. The maximum absolute atomic E-state index is 14.4. The van der Waals surface area contributed by atoms with Crippen molar-refractivity contribution in [1.29, 1.82) is 0 Å². The van der Waals surface area contributed by atoms with E-state index >= 15 is 0 Å². The average Bonchev–Trinajstić information content (AvgIpc) is 3.51. The van der Waals surface area contributed by atoms with Crippen LogP contribution in [0.5, 0.6) is 11.5 Å². The van der Waals surface area contributed by atoms with Gasteiger partial charge in [-0.05, 0) is 47.9 Å². The molecule has 0 saturated carbocycles. The Hall–Kier alpha value is -3.86. The summed E-state index contributed by atoms with van der Waals surface area (Å²) in [5.41, 5.74) is 3.81. The molecule has 0 radical (unpaired) electrons. The second kappa shape index (κ2) is 13.1. The highest BCUT2D eigenvalue weighted by Crippen LogP contribution is 2.48. The second-order valence-electron chi connectivity index (χ2n) is 13.2. The van der Waals surface area contributed by atoms with Crippen LogP contribution in [0.4, 0.5) is 10.5 Å². The molecule has 1 saturated heterocycles. The molecular formula is C36H44N2O7Si. The van der Waals surface area contributed by atoms with E-state index in [1.807, 2.05) is 47.4 Å². The molecule has 244 valence electrons. The van der Waals surface area contributed by atoms with Crippen LogP contribution in [-0.2, 0) is 27.2 Å². The number of fused-ring (bicyclic) bond motifs is 2. The molecule has 9 nitrogen and oxygen atoms in total. The highest BCUT2D eigenvalue weighted by Gasteiger charge is 2.49. The summed E-state index contributed by atoms with van der Waals surface area (Å²) in [6.07, 6.45) is -0.0772. The highest BCUT2D eigenvalue weighted by molar-refractivity contribution is 6.91. The SMILES string of the molecule is COc1ccc([Si](C)(C)C(CC(=O)N2Cc3ccccc3C[C@H]2CO)[C@@H]2Oc3ccc(N4CCOC4=O)cc3[C@H](OC)[C@H]2C)cc1. The third kappa shape index (κ3) is 5.89. The Labute approximate surface area is 272 Å². The average molecular weight is 645 g/mol. The number of cyclic esters (lactones) is 1. The van der Waals surface area contributed by atoms with Gasteiger partial charge in [-0.1, -0.05) is 61.6 Å². The summed E-state index contributed by atoms with van der Waals surface area (Å²) in [7, 11) is 0.935. The van der Waals surface area contributed by atoms with E-state index in [4.69, 9.17) is 18.9 Å². The van der Waals surface area contributed by atoms with Crippen molar-refractivity contribution < 1.29 is 33.6 Å². The second-order valence-corrected chi connectivity index (χ2v) is 17.9. The zero-order valence-electron chi connectivity index (χ0n) is 27.3. The molecular weight excluding hydrogens is 600 g/mol. The van der Waals surface area contributed by atoms with Gasteiger partial charge in [0.25, 0.3) is 0 Å². The first-order chi connectivity index (χ1) is 22.2. The molecule has 0 bridgehead atoms. The number of hydrogen-bond donors (Lipinski definition) is 1. The number of anilines is 1. The van der Waals surface area contributed by atoms with Crippen LogP contribution in [0.1, 0.15) is 36.1 Å². The summed E-state index contributed by atoms with van der Waals surface area (Å²) < 4.78 is 23.7. The van der Waals surface area contributed by atoms with E-state index in [0.29, 0.717) is 31.9 Å². The van der Waals surface area contributed by atoms with Crippen molar-refractivity contribution in [2.45, 2.75) is 63.2 Å². The van der Waals surface area contributed by atoms with Crippen molar-refractivity contribution in [3.05, 3.63) is 83.4 Å². The van der Waals surface area contributed by atoms with Crippen LogP contribution in [0.15, 0.2) is 66.7 Å². The van der Waals surface area contributed by atoms with Crippen LogP contribution in [0.25, 0.3) is 0 Å². The predicted octanol–water partition coefficient (Wildman–Crippen LogP) is 5.06. The number of nitrogens with zero attached hydrogens (tertiary/aromatic N) is 2. The smallest absolute Gasteiger partial charge is 0.414 e. The van der Waals surface area contributed by atoms with Gasteiger partial charge in [-0.3, -0.25) is 9.69 Å². The monoisotopic (exact) mass is 644 g/mol. The lowest BCUT2D eigenvalue weighted by Crippen LogP contribution is -2.56. The summed E-state index contributed by atoms with van der Waals surface area (Å²) in [6.45, 7) is 7.97. The molecule has 5 atom stereocenters. The van der Waals surface area contributed by atoms with Gasteiger partial charge in [0.15, 0.2) is 0 Å². The first-order valence-electron chi connectivity index (χ1n) is 16.1. The molecule has 3 aromatic carbocycles. The van der Waals surface area contributed by atoms with Crippen LogP contribution in [-0.4, -0.2) is 76.2 Å². The largest absolute Gasteiger partial charge is 0.497 e. The fourth-order valence-corrected chi connectivity index (χ4v) is 10.9. The molecule has 2 amide bonds. The molecule has 3 aliphatic rings. The fraction of sp³-hybridized carbons (Fsp3) is 0.444. The van der Waals surface area contributed by atoms with E-state index in [0.717, 1.165) is 22.6 Å². The number of aliphatic hydroxyl groups excluding tert-OH is 1. The van der Waals surface area contributed by atoms with Gasteiger partial charge in [0, 0.05) is 42.8 Å². The Balaban J connectivity index is 1.36. The molecule has 10 heteroatoms. The van der Waals surface area contributed by atoms with Crippen LogP contribution in [0.3, 0.4) is 0 Å². The molecule has 46 heavy (non-hydrogen) atoms. The normalized spacial score (nSPS) is 23.2. The zero-order valence-corrected chi connectivity index (χ0v) is 28.3. The first-order valence-corrected chi connectivity index (χ1v) is 19.1. The van der Waals surface area contributed by atoms with Gasteiger partial charge >= 0.3 is 6.09 Å². The van der Waals surface area contributed by atoms with E-state index in [-0.39, 0.29) is 54.7 Å². The van der Waals surface area contributed by atoms with Gasteiger partial charge in [0.1, 0.15) is 24.2 Å². The van der Waals surface area contributed by atoms with Crippen molar-refractivity contribution in [2.24, 2.45) is 5.92 Å². The molecule has 0 aliphatic carbocycles. The topological polar surface area (TPSA) is 97.8 Å². The number of benzene rings is 3. The Morgan fingerprint density at radius 1 is 1.07 bits per heavy atom. The van der Waals surface area contributed by atoms with E-state index in [2.05, 4.69) is 44.3 Å². The Kier molecular flexibility index (Phi) is 9.14. The first kappa shape index (κ1) is 32.1. The quantitative estimate of drug-likeness (QED) is 0.326. The molecule has 6 rings (SSSR count). The minimum Gasteiger partial charge on any atom is -0.497 e.